The smallest absolute Gasteiger partial charge is 0.262 e. The molecule has 2 amide bonds. The first-order chi connectivity index (χ1) is 10.5. The Hall–Kier alpha value is -1.74. The van der Waals surface area contributed by atoms with Gasteiger partial charge < -0.3 is 0 Å². The number of carbonyl (C=O) groups excluding carboxylic acids is 2. The molecule has 0 spiro atoms. The van der Waals surface area contributed by atoms with Crippen molar-refractivity contribution in [1.82, 2.24) is 10.9 Å². The maximum Gasteiger partial charge on any atom is 0.331 e. The third-order valence-electron chi connectivity index (χ3n) is 2.11. The molecule has 0 radical (unpaired) electrons. The van der Waals surface area contributed by atoms with Crippen molar-refractivity contribution in [2.24, 2.45) is 10.2 Å². The van der Waals surface area contributed by atoms with Crippen molar-refractivity contribution in [2.45, 2.75) is 0 Å². The molecular weight excluding hydrogens is 367 g/mol. The minimum atomic E-state index is -0.930. The zero-order valence-electron chi connectivity index (χ0n) is 10.7. The fraction of sp³-hybridized carbons (Fsp3) is 0. The second-order valence-electron chi connectivity index (χ2n) is 3.68. The molecule has 6 nitrogen and oxygen atoms in total. The van der Waals surface area contributed by atoms with Crippen LogP contribution in [-0.2, 0) is 9.59 Å². The summed E-state index contributed by atoms with van der Waals surface area (Å²) in [5.41, 5.74) is 4.17. The lowest BCUT2D eigenvalue weighted by Gasteiger charge is -1.97. The fourth-order valence-corrected chi connectivity index (χ4v) is 3.07. The molecule has 0 saturated heterocycles. The molecule has 2 aromatic rings. The molecule has 0 bridgehead atoms. The van der Waals surface area contributed by atoms with E-state index in [-0.39, 0.29) is 0 Å². The van der Waals surface area contributed by atoms with Gasteiger partial charge in [0.15, 0.2) is 0 Å². The molecular formula is C12H8Cl2N4O2S2. The molecule has 2 N–H and O–H groups in total. The van der Waals surface area contributed by atoms with Crippen molar-refractivity contribution in [3.05, 3.63) is 42.7 Å². The maximum absolute atomic E-state index is 11.4. The molecule has 2 rings (SSSR count). The van der Waals surface area contributed by atoms with E-state index in [1.807, 2.05) is 0 Å². The summed E-state index contributed by atoms with van der Waals surface area (Å²) in [6.45, 7) is 0. The average molecular weight is 375 g/mol. The van der Waals surface area contributed by atoms with Gasteiger partial charge in [-0.2, -0.15) is 10.2 Å². The summed E-state index contributed by atoms with van der Waals surface area (Å²) in [6, 6.07) is 6.87. The van der Waals surface area contributed by atoms with Gasteiger partial charge >= 0.3 is 11.8 Å². The Kier molecular flexibility index (Phi) is 6.08. The molecule has 0 saturated carbocycles. The molecule has 0 aliphatic heterocycles. The predicted molar refractivity (Wildman–Crippen MR) is 90.1 cm³/mol. The second kappa shape index (κ2) is 8.04. The van der Waals surface area contributed by atoms with Crippen LogP contribution in [0.5, 0.6) is 0 Å². The summed E-state index contributed by atoms with van der Waals surface area (Å²) < 4.78 is 1.21. The molecule has 114 valence electrons. The molecule has 0 aromatic carbocycles. The lowest BCUT2D eigenvalue weighted by molar-refractivity contribution is -0.139. The first-order valence-corrected chi connectivity index (χ1v) is 8.10. The van der Waals surface area contributed by atoms with Crippen LogP contribution in [-0.4, -0.2) is 24.2 Å². The Morgan fingerprint density at radius 1 is 0.864 bits per heavy atom. The van der Waals surface area contributed by atoms with Gasteiger partial charge in [0.05, 0.1) is 21.1 Å². The summed E-state index contributed by atoms with van der Waals surface area (Å²) in [4.78, 5) is 24.4. The quantitative estimate of drug-likeness (QED) is 0.489. The Balaban J connectivity index is 1.78. The van der Waals surface area contributed by atoms with E-state index in [2.05, 4.69) is 21.1 Å². The number of amides is 2. The number of carbonyl (C=O) groups is 2. The molecule has 2 aromatic heterocycles. The number of thiophene rings is 2. The first-order valence-electron chi connectivity index (χ1n) is 5.72. The van der Waals surface area contributed by atoms with Crippen LogP contribution in [0.15, 0.2) is 34.5 Å². The highest BCUT2D eigenvalue weighted by atomic mass is 35.5. The van der Waals surface area contributed by atoms with Crippen LogP contribution in [0.2, 0.25) is 8.67 Å². The van der Waals surface area contributed by atoms with Gasteiger partial charge in [0.2, 0.25) is 0 Å². The summed E-state index contributed by atoms with van der Waals surface area (Å²) in [5, 5.41) is 7.29. The standard InChI is InChI=1S/C12H8Cl2N4O2S2/c13-9-3-1-7(21-9)5-15-17-11(19)12(20)18-16-6-8-2-4-10(14)22-8/h1-6H,(H,17,19)(H,18,20)/b15-5-,16-6-. The number of hydrogen-bond acceptors (Lipinski definition) is 6. The largest absolute Gasteiger partial charge is 0.331 e. The van der Waals surface area contributed by atoms with Crippen LogP contribution in [0.3, 0.4) is 0 Å². The first kappa shape index (κ1) is 16.6. The van der Waals surface area contributed by atoms with Crippen LogP contribution in [0.4, 0.5) is 0 Å². The Bertz CT molecular complexity index is 677. The minimum Gasteiger partial charge on any atom is -0.262 e. The zero-order chi connectivity index (χ0) is 15.9. The number of nitrogens with one attached hydrogen (secondary N) is 2. The molecule has 0 fully saturated rings. The number of hydrazone groups is 2. The van der Waals surface area contributed by atoms with Gasteiger partial charge in [-0.15, -0.1) is 22.7 Å². The summed E-state index contributed by atoms with van der Waals surface area (Å²) >= 11 is 14.1. The van der Waals surface area contributed by atoms with Crippen molar-refractivity contribution in [2.75, 3.05) is 0 Å². The molecule has 22 heavy (non-hydrogen) atoms. The highest BCUT2D eigenvalue weighted by Gasteiger charge is 2.11. The van der Waals surface area contributed by atoms with Crippen LogP contribution >= 0.6 is 45.9 Å². The van der Waals surface area contributed by atoms with Crippen molar-refractivity contribution >= 4 is 70.1 Å². The molecule has 2 heterocycles. The van der Waals surface area contributed by atoms with Crippen molar-refractivity contribution in [1.29, 1.82) is 0 Å². The zero-order valence-corrected chi connectivity index (χ0v) is 13.9. The Labute approximate surface area is 143 Å². The van der Waals surface area contributed by atoms with Gasteiger partial charge in [0, 0.05) is 9.75 Å². The minimum absolute atomic E-state index is 0.605. The lowest BCUT2D eigenvalue weighted by atomic mass is 10.5. The van der Waals surface area contributed by atoms with E-state index in [1.165, 1.54) is 35.1 Å². The summed E-state index contributed by atoms with van der Waals surface area (Å²) in [6.07, 6.45) is 2.78. The van der Waals surface area contributed by atoms with Crippen LogP contribution in [0.25, 0.3) is 0 Å². The van der Waals surface area contributed by atoms with Gasteiger partial charge in [-0.25, -0.2) is 10.9 Å². The Morgan fingerprint density at radius 2 is 1.27 bits per heavy atom. The third-order valence-corrected chi connectivity index (χ3v) is 4.44. The number of hydrogen-bond donors (Lipinski definition) is 2. The van der Waals surface area contributed by atoms with Crippen LogP contribution in [0.1, 0.15) is 9.75 Å². The average Bonchev–Trinajstić information content (AvgIpc) is 3.07. The fourth-order valence-electron chi connectivity index (χ4n) is 1.21. The van der Waals surface area contributed by atoms with Gasteiger partial charge in [0.25, 0.3) is 0 Å². The monoisotopic (exact) mass is 374 g/mol. The van der Waals surface area contributed by atoms with E-state index < -0.39 is 11.8 Å². The molecule has 10 heteroatoms. The Morgan fingerprint density at radius 3 is 1.59 bits per heavy atom. The maximum atomic E-state index is 11.4. The van der Waals surface area contributed by atoms with Gasteiger partial charge in [-0.3, -0.25) is 9.59 Å². The van der Waals surface area contributed by atoms with Gasteiger partial charge in [-0.1, -0.05) is 23.2 Å². The highest BCUT2D eigenvalue weighted by Crippen LogP contribution is 2.20. The van der Waals surface area contributed by atoms with Crippen LogP contribution in [0, 0.1) is 0 Å². The predicted octanol–water partition coefficient (Wildman–Crippen LogP) is 2.72. The van der Waals surface area contributed by atoms with E-state index in [4.69, 9.17) is 23.2 Å². The molecule has 0 unspecified atom stereocenters. The van der Waals surface area contributed by atoms with E-state index in [0.29, 0.717) is 8.67 Å². The highest BCUT2D eigenvalue weighted by molar-refractivity contribution is 7.18. The van der Waals surface area contributed by atoms with Crippen molar-refractivity contribution in [3.8, 4) is 0 Å². The third kappa shape index (κ3) is 5.23. The SMILES string of the molecule is O=C(N/N=C\c1ccc(Cl)s1)C(=O)N/N=C\c1ccc(Cl)s1. The van der Waals surface area contributed by atoms with E-state index in [0.717, 1.165) is 9.75 Å². The van der Waals surface area contributed by atoms with E-state index in [9.17, 15) is 9.59 Å². The molecule has 0 aliphatic carbocycles. The second-order valence-corrected chi connectivity index (χ2v) is 7.18. The van der Waals surface area contributed by atoms with Gasteiger partial charge in [-0.05, 0) is 24.3 Å². The normalized spacial score (nSPS) is 11.2. The van der Waals surface area contributed by atoms with Crippen LogP contribution < -0.4 is 10.9 Å². The van der Waals surface area contributed by atoms with Crippen molar-refractivity contribution < 1.29 is 9.59 Å². The lowest BCUT2D eigenvalue weighted by Crippen LogP contribution is -2.35. The molecule has 0 atom stereocenters. The van der Waals surface area contributed by atoms with Gasteiger partial charge in [0.1, 0.15) is 0 Å². The summed E-state index contributed by atoms with van der Waals surface area (Å²) in [7, 11) is 0. The molecule has 0 aliphatic rings. The van der Waals surface area contributed by atoms with E-state index >= 15 is 0 Å². The number of nitrogens with zero attached hydrogens (tertiary/aromatic N) is 2. The summed E-state index contributed by atoms with van der Waals surface area (Å²) in [5.74, 6) is -1.86. The number of halogens is 2. The van der Waals surface area contributed by atoms with E-state index in [1.54, 1.807) is 24.3 Å². The van der Waals surface area contributed by atoms with Crippen molar-refractivity contribution in [3.63, 3.8) is 0 Å². The topological polar surface area (TPSA) is 82.9 Å². The number of rotatable bonds is 4.